The molecule has 6 heteroatoms. The zero-order chi connectivity index (χ0) is 17.3. The third kappa shape index (κ3) is 3.83. The molecule has 25 heavy (non-hydrogen) atoms. The van der Waals surface area contributed by atoms with E-state index in [4.69, 9.17) is 5.73 Å². The van der Waals surface area contributed by atoms with Gasteiger partial charge in [0.15, 0.2) is 0 Å². The molecule has 1 aliphatic rings. The Balaban J connectivity index is 0.00000225. The van der Waals surface area contributed by atoms with Crippen LogP contribution < -0.4 is 5.73 Å². The van der Waals surface area contributed by atoms with Crippen LogP contribution in [0, 0.1) is 24.5 Å². The van der Waals surface area contributed by atoms with Crippen LogP contribution >= 0.6 is 12.4 Å². The number of amides is 1. The molecule has 2 aromatic rings. The fraction of sp³-hybridized carbons (Fsp3) is 0.316. The van der Waals surface area contributed by atoms with Gasteiger partial charge in [-0.15, -0.1) is 12.4 Å². The summed E-state index contributed by atoms with van der Waals surface area (Å²) in [6, 6.07) is 11.9. The molecular weight excluding hydrogens is 346 g/mol. The number of hydrogen-bond acceptors (Lipinski definition) is 2. The lowest BCUT2D eigenvalue weighted by molar-refractivity contribution is 0.0781. The Morgan fingerprint density at radius 3 is 2.48 bits per heavy atom. The molecule has 2 aromatic carbocycles. The molecule has 0 aromatic heterocycles. The predicted octanol–water partition coefficient (Wildman–Crippen LogP) is 3.51. The van der Waals surface area contributed by atoms with Crippen molar-refractivity contribution in [3.63, 3.8) is 0 Å². The summed E-state index contributed by atoms with van der Waals surface area (Å²) in [6.45, 7) is 2.94. The number of likely N-dealkylation sites (tertiary alicyclic amines) is 1. The fourth-order valence-corrected chi connectivity index (χ4v) is 3.35. The van der Waals surface area contributed by atoms with Gasteiger partial charge < -0.3 is 10.6 Å². The van der Waals surface area contributed by atoms with Crippen molar-refractivity contribution in [2.45, 2.75) is 12.8 Å². The van der Waals surface area contributed by atoms with Crippen molar-refractivity contribution in [2.75, 3.05) is 19.6 Å². The summed E-state index contributed by atoms with van der Waals surface area (Å²) < 4.78 is 27.4. The van der Waals surface area contributed by atoms with Crippen molar-refractivity contribution in [1.29, 1.82) is 0 Å². The third-order valence-corrected chi connectivity index (χ3v) is 4.74. The quantitative estimate of drug-likeness (QED) is 0.903. The first-order chi connectivity index (χ1) is 11.5. The molecule has 3 rings (SSSR count). The van der Waals surface area contributed by atoms with Crippen LogP contribution in [0.3, 0.4) is 0 Å². The molecule has 0 unspecified atom stereocenters. The molecule has 2 N–H and O–H groups in total. The van der Waals surface area contributed by atoms with Gasteiger partial charge in [-0.3, -0.25) is 4.79 Å². The lowest BCUT2D eigenvalue weighted by atomic mass is 9.89. The van der Waals surface area contributed by atoms with Crippen LogP contribution in [0.4, 0.5) is 8.78 Å². The highest BCUT2D eigenvalue weighted by Gasteiger charge is 2.36. The van der Waals surface area contributed by atoms with Crippen molar-refractivity contribution in [3.8, 4) is 0 Å². The second-order valence-corrected chi connectivity index (χ2v) is 6.30. The Hall–Kier alpha value is -1.98. The van der Waals surface area contributed by atoms with Gasteiger partial charge in [0.2, 0.25) is 0 Å². The number of carbonyl (C=O) groups excluding carboxylic acids is 1. The Kier molecular flexibility index (Phi) is 6.14. The van der Waals surface area contributed by atoms with Crippen LogP contribution in [0.15, 0.2) is 42.5 Å². The van der Waals surface area contributed by atoms with E-state index in [1.807, 2.05) is 30.3 Å². The van der Waals surface area contributed by atoms with Crippen LogP contribution in [0.1, 0.15) is 27.4 Å². The lowest BCUT2D eigenvalue weighted by Crippen LogP contribution is -2.30. The van der Waals surface area contributed by atoms with Gasteiger partial charge in [-0.05, 0) is 36.6 Å². The van der Waals surface area contributed by atoms with Gasteiger partial charge in [0.05, 0.1) is 5.56 Å². The van der Waals surface area contributed by atoms with E-state index in [-0.39, 0.29) is 35.4 Å². The van der Waals surface area contributed by atoms with Crippen LogP contribution in [-0.2, 0) is 0 Å². The zero-order valence-electron chi connectivity index (χ0n) is 13.9. The molecule has 0 aliphatic carbocycles. The van der Waals surface area contributed by atoms with Gasteiger partial charge in [-0.2, -0.15) is 0 Å². The van der Waals surface area contributed by atoms with E-state index in [9.17, 15) is 13.6 Å². The van der Waals surface area contributed by atoms with Crippen molar-refractivity contribution >= 4 is 18.3 Å². The van der Waals surface area contributed by atoms with Gasteiger partial charge in [-0.25, -0.2) is 8.78 Å². The number of benzene rings is 2. The van der Waals surface area contributed by atoms with Crippen LogP contribution in [-0.4, -0.2) is 30.4 Å². The van der Waals surface area contributed by atoms with Gasteiger partial charge in [0, 0.05) is 25.1 Å². The summed E-state index contributed by atoms with van der Waals surface area (Å²) >= 11 is 0. The van der Waals surface area contributed by atoms with Crippen molar-refractivity contribution in [3.05, 3.63) is 70.8 Å². The number of hydrogen-bond donors (Lipinski definition) is 1. The van der Waals surface area contributed by atoms with E-state index in [1.165, 1.54) is 13.0 Å². The number of carbonyl (C=O) groups is 1. The molecule has 0 saturated carbocycles. The maximum absolute atomic E-state index is 14.0. The topological polar surface area (TPSA) is 46.3 Å². The highest BCUT2D eigenvalue weighted by atomic mass is 35.5. The number of rotatable bonds is 3. The normalized spacial score (nSPS) is 19.6. The molecule has 1 heterocycles. The Bertz CT molecular complexity index is 755. The number of nitrogens with two attached hydrogens (primary N) is 1. The molecule has 1 aliphatic heterocycles. The minimum absolute atomic E-state index is 0. The SMILES string of the molecule is Cc1cc(C(=O)N2C[C@@H](CN)[C@H](c3ccccc3)C2)c(F)cc1F.Cl. The molecule has 134 valence electrons. The first kappa shape index (κ1) is 19.3. The van der Waals surface area contributed by atoms with Crippen molar-refractivity contribution in [2.24, 2.45) is 11.7 Å². The first-order valence-corrected chi connectivity index (χ1v) is 8.01. The van der Waals surface area contributed by atoms with E-state index in [2.05, 4.69) is 0 Å². The molecule has 0 radical (unpaired) electrons. The first-order valence-electron chi connectivity index (χ1n) is 8.01. The van der Waals surface area contributed by atoms with E-state index in [0.717, 1.165) is 11.6 Å². The number of aryl methyl sites for hydroxylation is 1. The molecular formula is C19H21ClF2N2O. The van der Waals surface area contributed by atoms with Crippen molar-refractivity contribution in [1.82, 2.24) is 4.90 Å². The minimum Gasteiger partial charge on any atom is -0.338 e. The summed E-state index contributed by atoms with van der Waals surface area (Å²) in [5, 5.41) is 0. The molecule has 0 spiro atoms. The Morgan fingerprint density at radius 2 is 1.84 bits per heavy atom. The number of nitrogens with zero attached hydrogens (tertiary/aromatic N) is 1. The highest BCUT2D eigenvalue weighted by molar-refractivity contribution is 5.95. The summed E-state index contributed by atoms with van der Waals surface area (Å²) in [5.74, 6) is -1.62. The molecule has 2 atom stereocenters. The van der Waals surface area contributed by atoms with E-state index in [1.54, 1.807) is 4.90 Å². The van der Waals surface area contributed by atoms with Gasteiger partial charge in [0.25, 0.3) is 5.91 Å². The average molecular weight is 367 g/mol. The van der Waals surface area contributed by atoms with Gasteiger partial charge in [-0.1, -0.05) is 30.3 Å². The number of halogens is 3. The summed E-state index contributed by atoms with van der Waals surface area (Å²) in [5.41, 5.74) is 7.17. The van der Waals surface area contributed by atoms with Crippen LogP contribution in [0.5, 0.6) is 0 Å². The largest absolute Gasteiger partial charge is 0.338 e. The standard InChI is InChI=1S/C19H20F2N2O.ClH/c1-12-7-15(18(21)8-17(12)20)19(24)23-10-14(9-22)16(11-23)13-5-3-2-4-6-13;/h2-8,14,16H,9-11,22H2,1H3;1H/t14-,16+;/m1./s1. The zero-order valence-corrected chi connectivity index (χ0v) is 14.7. The minimum atomic E-state index is -0.824. The van der Waals surface area contributed by atoms with Gasteiger partial charge >= 0.3 is 0 Å². The summed E-state index contributed by atoms with van der Waals surface area (Å²) in [6.07, 6.45) is 0. The van der Waals surface area contributed by atoms with Crippen LogP contribution in [0.25, 0.3) is 0 Å². The van der Waals surface area contributed by atoms with Crippen LogP contribution in [0.2, 0.25) is 0 Å². The predicted molar refractivity (Wildman–Crippen MR) is 96.0 cm³/mol. The molecule has 1 amide bonds. The smallest absolute Gasteiger partial charge is 0.256 e. The van der Waals surface area contributed by atoms with E-state index < -0.39 is 17.5 Å². The van der Waals surface area contributed by atoms with Gasteiger partial charge in [0.1, 0.15) is 11.6 Å². The highest BCUT2D eigenvalue weighted by Crippen LogP contribution is 2.33. The molecule has 1 fully saturated rings. The maximum Gasteiger partial charge on any atom is 0.256 e. The Morgan fingerprint density at radius 1 is 1.16 bits per heavy atom. The lowest BCUT2D eigenvalue weighted by Gasteiger charge is -2.17. The second kappa shape index (κ2) is 7.93. The van der Waals surface area contributed by atoms with Crippen molar-refractivity contribution < 1.29 is 13.6 Å². The van der Waals surface area contributed by atoms with E-state index >= 15 is 0 Å². The molecule has 1 saturated heterocycles. The fourth-order valence-electron chi connectivity index (χ4n) is 3.35. The Labute approximate surface area is 152 Å². The monoisotopic (exact) mass is 366 g/mol. The van der Waals surface area contributed by atoms with E-state index in [0.29, 0.717) is 19.6 Å². The summed E-state index contributed by atoms with van der Waals surface area (Å²) in [4.78, 5) is 14.3. The second-order valence-electron chi connectivity index (χ2n) is 6.30. The molecule has 3 nitrogen and oxygen atoms in total. The molecule has 0 bridgehead atoms. The maximum atomic E-state index is 14.0. The average Bonchev–Trinajstić information content (AvgIpc) is 3.02. The third-order valence-electron chi connectivity index (χ3n) is 4.74. The summed E-state index contributed by atoms with van der Waals surface area (Å²) in [7, 11) is 0.